The van der Waals surface area contributed by atoms with Gasteiger partial charge in [0, 0.05) is 18.3 Å². The highest BCUT2D eigenvalue weighted by molar-refractivity contribution is 7.92. The lowest BCUT2D eigenvalue weighted by atomic mass is 10.3. The van der Waals surface area contributed by atoms with Gasteiger partial charge in [-0.2, -0.15) is 5.10 Å². The van der Waals surface area contributed by atoms with Crippen molar-refractivity contribution in [3.8, 4) is 5.75 Å². The maximum atomic E-state index is 12.2. The van der Waals surface area contributed by atoms with Gasteiger partial charge >= 0.3 is 0 Å². The highest BCUT2D eigenvalue weighted by Gasteiger charge is 2.23. The molecule has 0 aliphatic rings. The molecule has 0 aliphatic heterocycles. The van der Waals surface area contributed by atoms with Crippen molar-refractivity contribution >= 4 is 21.4 Å². The van der Waals surface area contributed by atoms with Gasteiger partial charge in [0.05, 0.1) is 23.9 Å². The minimum Gasteiger partial charge on any atom is -0.495 e. The van der Waals surface area contributed by atoms with Gasteiger partial charge in [-0.3, -0.25) is 19.9 Å². The molecule has 0 unspecified atom stereocenters. The van der Waals surface area contributed by atoms with Gasteiger partial charge in [-0.1, -0.05) is 0 Å². The summed E-state index contributed by atoms with van der Waals surface area (Å²) >= 11 is 0. The number of nitro groups is 1. The quantitative estimate of drug-likeness (QED) is 0.629. The van der Waals surface area contributed by atoms with Crippen molar-refractivity contribution in [2.75, 3.05) is 11.8 Å². The predicted octanol–water partition coefficient (Wildman–Crippen LogP) is 1.13. The molecule has 0 fully saturated rings. The van der Waals surface area contributed by atoms with Crippen molar-refractivity contribution in [1.82, 2.24) is 10.2 Å². The molecular weight excluding hydrogens is 288 g/mol. The van der Waals surface area contributed by atoms with E-state index in [0.717, 1.165) is 12.1 Å². The van der Waals surface area contributed by atoms with E-state index < -0.39 is 14.9 Å². The van der Waals surface area contributed by atoms with Crippen molar-refractivity contribution in [2.24, 2.45) is 0 Å². The Morgan fingerprint density at radius 2 is 2.20 bits per heavy atom. The summed E-state index contributed by atoms with van der Waals surface area (Å²) in [4.78, 5) is 9.72. The molecule has 0 radical (unpaired) electrons. The average molecular weight is 298 g/mol. The van der Waals surface area contributed by atoms with E-state index in [2.05, 4.69) is 14.9 Å². The van der Waals surface area contributed by atoms with Crippen LogP contribution in [0.15, 0.2) is 35.5 Å². The summed E-state index contributed by atoms with van der Waals surface area (Å²) in [5, 5.41) is 16.8. The number of aromatic nitrogens is 2. The molecule has 2 aromatic rings. The molecule has 0 saturated carbocycles. The normalized spacial score (nSPS) is 11.1. The molecule has 2 rings (SSSR count). The van der Waals surface area contributed by atoms with Crippen LogP contribution in [-0.4, -0.2) is 30.6 Å². The number of H-pyrrole nitrogens is 1. The molecule has 1 aromatic carbocycles. The van der Waals surface area contributed by atoms with Crippen molar-refractivity contribution in [3.05, 3.63) is 40.7 Å². The third-order valence-corrected chi connectivity index (χ3v) is 3.80. The number of nitrogens with zero attached hydrogens (tertiary/aromatic N) is 2. The number of methoxy groups -OCH3 is 1. The number of nitrogens with one attached hydrogen (secondary N) is 2. The van der Waals surface area contributed by atoms with Crippen molar-refractivity contribution in [2.45, 2.75) is 4.90 Å². The Bertz CT molecular complexity index is 726. The van der Waals surface area contributed by atoms with Gasteiger partial charge in [0.15, 0.2) is 0 Å². The summed E-state index contributed by atoms with van der Waals surface area (Å²) in [6.07, 6.45) is 2.60. The van der Waals surface area contributed by atoms with Crippen molar-refractivity contribution < 1.29 is 18.1 Å². The number of nitro benzene ring substituents is 1. The van der Waals surface area contributed by atoms with Gasteiger partial charge in [0.1, 0.15) is 10.6 Å². The Kier molecular flexibility index (Phi) is 3.57. The number of ether oxygens (including phenoxy) is 1. The molecule has 10 heteroatoms. The highest BCUT2D eigenvalue weighted by atomic mass is 32.2. The first kappa shape index (κ1) is 13.8. The second-order valence-electron chi connectivity index (χ2n) is 3.68. The molecular formula is C10H10N4O5S. The molecule has 20 heavy (non-hydrogen) atoms. The highest BCUT2D eigenvalue weighted by Crippen LogP contribution is 2.29. The smallest absolute Gasteiger partial charge is 0.271 e. The zero-order chi connectivity index (χ0) is 14.8. The molecule has 1 aromatic heterocycles. The maximum absolute atomic E-state index is 12.2. The van der Waals surface area contributed by atoms with Crippen LogP contribution in [0.1, 0.15) is 0 Å². The van der Waals surface area contributed by atoms with Crippen LogP contribution in [0.2, 0.25) is 0 Å². The van der Waals surface area contributed by atoms with E-state index in [9.17, 15) is 18.5 Å². The molecule has 0 saturated heterocycles. The predicted molar refractivity (Wildman–Crippen MR) is 69.0 cm³/mol. The van der Waals surface area contributed by atoms with Crippen LogP contribution in [0.4, 0.5) is 11.4 Å². The number of rotatable bonds is 5. The van der Waals surface area contributed by atoms with E-state index in [1.165, 1.54) is 25.6 Å². The fourth-order valence-electron chi connectivity index (χ4n) is 1.51. The largest absolute Gasteiger partial charge is 0.495 e. The molecule has 0 spiro atoms. The minimum atomic E-state index is -4.02. The van der Waals surface area contributed by atoms with Crippen LogP contribution >= 0.6 is 0 Å². The summed E-state index contributed by atoms with van der Waals surface area (Å²) in [7, 11) is -2.75. The summed E-state index contributed by atoms with van der Waals surface area (Å²) in [5.41, 5.74) is -0.142. The van der Waals surface area contributed by atoms with E-state index in [4.69, 9.17) is 4.74 Å². The number of sulfonamides is 1. The van der Waals surface area contributed by atoms with Gasteiger partial charge < -0.3 is 4.74 Å². The van der Waals surface area contributed by atoms with Gasteiger partial charge in [0.25, 0.3) is 15.7 Å². The van der Waals surface area contributed by atoms with Gasteiger partial charge in [-0.15, -0.1) is 0 Å². The van der Waals surface area contributed by atoms with Crippen molar-refractivity contribution in [1.29, 1.82) is 0 Å². The molecule has 0 bridgehead atoms. The lowest BCUT2D eigenvalue weighted by Crippen LogP contribution is -2.14. The van der Waals surface area contributed by atoms with Crippen LogP contribution < -0.4 is 9.46 Å². The Morgan fingerprint density at radius 1 is 1.45 bits per heavy atom. The summed E-state index contributed by atoms with van der Waals surface area (Å²) in [6.45, 7) is 0. The molecule has 2 N–H and O–H groups in total. The fraction of sp³-hybridized carbons (Fsp3) is 0.100. The Balaban J connectivity index is 2.48. The fourth-order valence-corrected chi connectivity index (χ4v) is 2.73. The molecule has 9 nitrogen and oxygen atoms in total. The van der Waals surface area contributed by atoms with Gasteiger partial charge in [-0.25, -0.2) is 8.42 Å². The standard InChI is InChI=1S/C10H10N4O5S/c1-19-9-3-2-8(14(15)16)4-10(9)20(17,18)13-7-5-11-12-6-7/h2-6,13H,1H3,(H,11,12). The van der Waals surface area contributed by atoms with Crippen LogP contribution in [0.3, 0.4) is 0 Å². The molecule has 0 aliphatic carbocycles. The topological polar surface area (TPSA) is 127 Å². The number of hydrogen-bond donors (Lipinski definition) is 2. The van der Waals surface area contributed by atoms with Gasteiger partial charge in [-0.05, 0) is 6.07 Å². The van der Waals surface area contributed by atoms with E-state index in [1.54, 1.807) is 0 Å². The SMILES string of the molecule is COc1ccc([N+](=O)[O-])cc1S(=O)(=O)Nc1cn[nH]c1. The Hall–Kier alpha value is -2.62. The monoisotopic (exact) mass is 298 g/mol. The van der Waals surface area contributed by atoms with E-state index in [-0.39, 0.29) is 22.0 Å². The van der Waals surface area contributed by atoms with Crippen LogP contribution in [0.5, 0.6) is 5.75 Å². The number of benzene rings is 1. The maximum Gasteiger partial charge on any atom is 0.271 e. The van der Waals surface area contributed by atoms with Crippen LogP contribution in [-0.2, 0) is 10.0 Å². The van der Waals surface area contributed by atoms with E-state index >= 15 is 0 Å². The van der Waals surface area contributed by atoms with E-state index in [0.29, 0.717) is 0 Å². The number of hydrogen-bond acceptors (Lipinski definition) is 6. The molecule has 1 heterocycles. The third-order valence-electron chi connectivity index (χ3n) is 2.40. The summed E-state index contributed by atoms with van der Waals surface area (Å²) < 4.78 is 31.5. The second kappa shape index (κ2) is 5.17. The zero-order valence-electron chi connectivity index (χ0n) is 10.2. The molecule has 0 amide bonds. The molecule has 0 atom stereocenters. The van der Waals surface area contributed by atoms with E-state index in [1.807, 2.05) is 0 Å². The second-order valence-corrected chi connectivity index (χ2v) is 5.34. The lowest BCUT2D eigenvalue weighted by Gasteiger charge is -2.10. The number of anilines is 1. The summed E-state index contributed by atoms with van der Waals surface area (Å²) in [5.74, 6) is 0.00611. The number of non-ortho nitro benzene ring substituents is 1. The van der Waals surface area contributed by atoms with Crippen LogP contribution in [0, 0.1) is 10.1 Å². The van der Waals surface area contributed by atoms with Crippen molar-refractivity contribution in [3.63, 3.8) is 0 Å². The Labute approximate surface area is 113 Å². The first-order chi connectivity index (χ1) is 9.44. The minimum absolute atomic E-state index is 0.00611. The lowest BCUT2D eigenvalue weighted by molar-refractivity contribution is -0.385. The zero-order valence-corrected chi connectivity index (χ0v) is 11.0. The number of aromatic amines is 1. The average Bonchev–Trinajstić information content (AvgIpc) is 2.90. The first-order valence-corrected chi connectivity index (χ1v) is 6.76. The molecule has 106 valence electrons. The first-order valence-electron chi connectivity index (χ1n) is 5.28. The summed E-state index contributed by atoms with van der Waals surface area (Å²) in [6, 6.07) is 3.32. The van der Waals surface area contributed by atoms with Gasteiger partial charge in [0.2, 0.25) is 0 Å². The Morgan fingerprint density at radius 3 is 2.75 bits per heavy atom. The third kappa shape index (κ3) is 2.69. The van der Waals surface area contributed by atoms with Crippen LogP contribution in [0.25, 0.3) is 0 Å².